The van der Waals surface area contributed by atoms with Crippen LogP contribution >= 0.6 is 39.3 Å². The van der Waals surface area contributed by atoms with Gasteiger partial charge in [0.25, 0.3) is 0 Å². The number of carbonyl (C=O) groups excluding carboxylic acids is 2. The zero-order valence-corrected chi connectivity index (χ0v) is 14.0. The van der Waals surface area contributed by atoms with Gasteiger partial charge in [-0.05, 0) is 28.1 Å². The predicted molar refractivity (Wildman–Crippen MR) is 84.8 cm³/mol. The number of nitro benzene ring substituents is 1. The number of rotatable bonds is 3. The second-order valence-corrected chi connectivity index (χ2v) is 7.14. The third-order valence-electron chi connectivity index (χ3n) is 2.94. The SMILES string of the molecule is CC(=O)SC1CC(=O)N(c2ccc(Br)c(Cl)c2[N+](=O)[O-])C1. The molecule has 1 aromatic carbocycles. The van der Waals surface area contributed by atoms with Crippen LogP contribution < -0.4 is 4.90 Å². The Morgan fingerprint density at radius 2 is 2.24 bits per heavy atom. The van der Waals surface area contributed by atoms with Crippen molar-refractivity contribution in [3.05, 3.63) is 31.7 Å². The van der Waals surface area contributed by atoms with E-state index in [2.05, 4.69) is 15.9 Å². The Hall–Kier alpha value is -1.12. The summed E-state index contributed by atoms with van der Waals surface area (Å²) in [4.78, 5) is 35.1. The average molecular weight is 394 g/mol. The number of halogens is 2. The van der Waals surface area contributed by atoms with Crippen LogP contribution in [0.3, 0.4) is 0 Å². The largest absolute Gasteiger partial charge is 0.312 e. The van der Waals surface area contributed by atoms with E-state index in [1.165, 1.54) is 17.9 Å². The molecule has 0 radical (unpaired) electrons. The minimum Gasteiger partial charge on any atom is -0.305 e. The van der Waals surface area contributed by atoms with E-state index in [0.717, 1.165) is 11.8 Å². The van der Waals surface area contributed by atoms with Gasteiger partial charge in [-0.1, -0.05) is 23.4 Å². The van der Waals surface area contributed by atoms with E-state index in [9.17, 15) is 19.7 Å². The smallest absolute Gasteiger partial charge is 0.305 e. The first-order valence-electron chi connectivity index (χ1n) is 5.91. The van der Waals surface area contributed by atoms with E-state index >= 15 is 0 Å². The molecule has 1 fully saturated rings. The van der Waals surface area contributed by atoms with Gasteiger partial charge in [-0.25, -0.2) is 0 Å². The van der Waals surface area contributed by atoms with E-state index in [1.807, 2.05) is 0 Å². The summed E-state index contributed by atoms with van der Waals surface area (Å²) >= 11 is 10.2. The minimum absolute atomic E-state index is 0.0482. The third-order valence-corrected chi connectivity index (χ3v) is 5.20. The number of thioether (sulfide) groups is 1. The molecule has 0 bridgehead atoms. The molecule has 1 saturated heterocycles. The van der Waals surface area contributed by atoms with Gasteiger partial charge in [0.05, 0.1) is 4.92 Å². The van der Waals surface area contributed by atoms with Crippen molar-refractivity contribution >= 4 is 61.7 Å². The molecule has 2 rings (SSSR count). The maximum Gasteiger partial charge on any atom is 0.312 e. The Balaban J connectivity index is 2.39. The molecule has 0 aromatic heterocycles. The lowest BCUT2D eigenvalue weighted by Crippen LogP contribution is -2.25. The highest BCUT2D eigenvalue weighted by Gasteiger charge is 2.36. The van der Waals surface area contributed by atoms with Crippen LogP contribution in [0.15, 0.2) is 16.6 Å². The van der Waals surface area contributed by atoms with Crippen molar-refractivity contribution in [3.63, 3.8) is 0 Å². The Morgan fingerprint density at radius 1 is 1.57 bits per heavy atom. The average Bonchev–Trinajstić information content (AvgIpc) is 2.71. The summed E-state index contributed by atoms with van der Waals surface area (Å²) in [5.41, 5.74) is -0.155. The van der Waals surface area contributed by atoms with Gasteiger partial charge >= 0.3 is 5.69 Å². The first-order chi connectivity index (χ1) is 9.81. The van der Waals surface area contributed by atoms with Gasteiger partial charge in [0, 0.05) is 29.6 Å². The molecule has 0 aliphatic carbocycles. The number of benzene rings is 1. The summed E-state index contributed by atoms with van der Waals surface area (Å²) in [6, 6.07) is 3.04. The highest BCUT2D eigenvalue weighted by molar-refractivity contribution is 9.10. The van der Waals surface area contributed by atoms with E-state index in [0.29, 0.717) is 4.47 Å². The predicted octanol–water partition coefficient (Wildman–Crippen LogP) is 3.40. The fraction of sp³-hybridized carbons (Fsp3) is 0.333. The van der Waals surface area contributed by atoms with E-state index in [4.69, 9.17) is 11.6 Å². The first kappa shape index (κ1) is 16.3. The summed E-state index contributed by atoms with van der Waals surface area (Å²) in [5, 5.41) is 10.9. The molecule has 1 aromatic rings. The number of nitrogens with zero attached hydrogens (tertiary/aromatic N) is 2. The number of amides is 1. The van der Waals surface area contributed by atoms with Crippen molar-refractivity contribution in [1.29, 1.82) is 0 Å². The first-order valence-corrected chi connectivity index (χ1v) is 7.96. The second kappa shape index (κ2) is 6.33. The molecular weight excluding hydrogens is 384 g/mol. The van der Waals surface area contributed by atoms with E-state index < -0.39 is 4.92 Å². The number of hydrogen-bond donors (Lipinski definition) is 0. The van der Waals surface area contributed by atoms with Crippen LogP contribution in [0.1, 0.15) is 13.3 Å². The van der Waals surface area contributed by atoms with Gasteiger partial charge in [-0.15, -0.1) is 0 Å². The maximum atomic E-state index is 12.1. The number of hydrogen-bond acceptors (Lipinski definition) is 5. The van der Waals surface area contributed by atoms with Crippen molar-refractivity contribution < 1.29 is 14.5 Å². The van der Waals surface area contributed by atoms with Crippen molar-refractivity contribution in [3.8, 4) is 0 Å². The third kappa shape index (κ3) is 3.38. The second-order valence-electron chi connectivity index (χ2n) is 4.43. The van der Waals surface area contributed by atoms with Crippen LogP contribution in [0.5, 0.6) is 0 Å². The summed E-state index contributed by atoms with van der Waals surface area (Å²) in [6.07, 6.45) is 0.176. The van der Waals surface area contributed by atoms with Gasteiger partial charge < -0.3 is 4.90 Å². The fourth-order valence-corrected chi connectivity index (χ4v) is 3.61. The monoisotopic (exact) mass is 392 g/mol. The molecule has 112 valence electrons. The maximum absolute atomic E-state index is 12.1. The lowest BCUT2D eigenvalue weighted by atomic mass is 10.2. The van der Waals surface area contributed by atoms with Gasteiger partial charge in [-0.2, -0.15) is 0 Å². The Kier molecular flexibility index (Phi) is 4.90. The molecule has 1 amide bonds. The Bertz CT molecular complexity index is 640. The number of carbonyl (C=O) groups is 2. The molecule has 1 atom stereocenters. The van der Waals surface area contributed by atoms with Gasteiger partial charge in [0.2, 0.25) is 5.91 Å². The normalized spacial score (nSPS) is 18.1. The zero-order valence-electron chi connectivity index (χ0n) is 10.8. The molecule has 0 N–H and O–H groups in total. The molecule has 21 heavy (non-hydrogen) atoms. The van der Waals surface area contributed by atoms with Crippen LogP contribution in [0.2, 0.25) is 5.02 Å². The van der Waals surface area contributed by atoms with Crippen molar-refractivity contribution in [1.82, 2.24) is 0 Å². The lowest BCUT2D eigenvalue weighted by molar-refractivity contribution is -0.384. The highest BCUT2D eigenvalue weighted by Crippen LogP contribution is 2.42. The van der Waals surface area contributed by atoms with Gasteiger partial charge in [0.15, 0.2) is 5.12 Å². The van der Waals surface area contributed by atoms with E-state index in [-0.39, 0.29) is 45.6 Å². The number of nitro groups is 1. The summed E-state index contributed by atoms with van der Waals surface area (Å²) in [5.74, 6) is -0.254. The van der Waals surface area contributed by atoms with Crippen molar-refractivity contribution in [2.45, 2.75) is 18.6 Å². The molecule has 0 saturated carbocycles. The molecule has 1 aliphatic heterocycles. The van der Waals surface area contributed by atoms with Crippen molar-refractivity contribution in [2.24, 2.45) is 0 Å². The summed E-state index contributed by atoms with van der Waals surface area (Å²) in [6.45, 7) is 1.68. The van der Waals surface area contributed by atoms with Crippen molar-refractivity contribution in [2.75, 3.05) is 11.4 Å². The van der Waals surface area contributed by atoms with Crippen LogP contribution in [-0.4, -0.2) is 27.7 Å². The highest BCUT2D eigenvalue weighted by atomic mass is 79.9. The van der Waals surface area contributed by atoms with Crippen LogP contribution in [-0.2, 0) is 9.59 Å². The molecule has 1 heterocycles. The topological polar surface area (TPSA) is 80.5 Å². The number of anilines is 1. The Morgan fingerprint density at radius 3 is 2.81 bits per heavy atom. The van der Waals surface area contributed by atoms with E-state index in [1.54, 1.807) is 6.07 Å². The molecule has 9 heteroatoms. The lowest BCUT2D eigenvalue weighted by Gasteiger charge is -2.17. The minimum atomic E-state index is -0.610. The fourth-order valence-electron chi connectivity index (χ4n) is 2.14. The molecule has 1 unspecified atom stereocenters. The van der Waals surface area contributed by atoms with Crippen LogP contribution in [0, 0.1) is 10.1 Å². The zero-order chi connectivity index (χ0) is 15.7. The summed E-state index contributed by atoms with van der Waals surface area (Å²) in [7, 11) is 0. The molecular formula is C12H10BrClN2O4S. The molecule has 0 spiro atoms. The summed E-state index contributed by atoms with van der Waals surface area (Å²) < 4.78 is 0.390. The van der Waals surface area contributed by atoms with Crippen LogP contribution in [0.4, 0.5) is 11.4 Å². The molecule has 6 nitrogen and oxygen atoms in total. The van der Waals surface area contributed by atoms with Gasteiger partial charge in [0.1, 0.15) is 10.7 Å². The quantitative estimate of drug-likeness (QED) is 0.581. The van der Waals surface area contributed by atoms with Crippen LogP contribution in [0.25, 0.3) is 0 Å². The Labute approximate surface area is 138 Å². The standard InChI is InChI=1S/C12H10BrClN2O4S/c1-6(17)21-7-4-10(18)15(5-7)9-3-2-8(13)11(14)12(9)16(19)20/h2-3,7H,4-5H2,1H3. The molecule has 1 aliphatic rings. The van der Waals surface area contributed by atoms with Gasteiger partial charge in [-0.3, -0.25) is 19.7 Å².